The molecule has 2 unspecified atom stereocenters. The average molecular weight is 372 g/mol. The van der Waals surface area contributed by atoms with Crippen LogP contribution in [0.25, 0.3) is 0 Å². The number of benzene rings is 1. The largest absolute Gasteiger partial charge is 0.505 e. The maximum absolute atomic E-state index is 12.0. The number of nitrogens with one attached hydrogen (secondary N) is 1. The minimum atomic E-state index is -1.07. The normalized spacial score (nSPS) is 27.7. The number of rotatable bonds is 3. The van der Waals surface area contributed by atoms with Crippen molar-refractivity contribution >= 4 is 17.6 Å². The van der Waals surface area contributed by atoms with E-state index in [0.717, 1.165) is 36.8 Å². The van der Waals surface area contributed by atoms with Crippen LogP contribution in [-0.2, 0) is 11.2 Å². The third kappa shape index (κ3) is 2.73. The zero-order valence-corrected chi connectivity index (χ0v) is 15.2. The standard InChI is InChI=1S/C21H22ClNO3/c22-15-9-7-13(8-10-15)12-17-19(24)18(20(25)26)16-6-3-5-14-4-1-2-11-21(14,16)23-17/h3,6-10,14,23-24H,1-2,4-5,11-12H2,(H,25,26). The van der Waals surface area contributed by atoms with Crippen LogP contribution in [0.3, 0.4) is 0 Å². The molecule has 0 amide bonds. The van der Waals surface area contributed by atoms with Gasteiger partial charge in [-0.15, -0.1) is 0 Å². The summed E-state index contributed by atoms with van der Waals surface area (Å²) in [4.78, 5) is 12.0. The molecule has 1 aromatic rings. The predicted molar refractivity (Wildman–Crippen MR) is 101 cm³/mol. The molecular formula is C21H22ClNO3. The van der Waals surface area contributed by atoms with Crippen molar-refractivity contribution < 1.29 is 15.0 Å². The number of aliphatic carboxylic acids is 1. The SMILES string of the molecule is O=C(O)C1=C2C=CCC3CCCCC23NC(Cc2ccc(Cl)cc2)=C1O. The van der Waals surface area contributed by atoms with Crippen molar-refractivity contribution in [2.45, 2.75) is 44.1 Å². The smallest absolute Gasteiger partial charge is 0.339 e. The van der Waals surface area contributed by atoms with E-state index < -0.39 is 5.97 Å². The Hall–Kier alpha value is -2.20. The zero-order valence-electron chi connectivity index (χ0n) is 14.5. The maximum atomic E-state index is 12.0. The van der Waals surface area contributed by atoms with E-state index in [4.69, 9.17) is 11.6 Å². The van der Waals surface area contributed by atoms with Crippen molar-refractivity contribution in [1.29, 1.82) is 0 Å². The van der Waals surface area contributed by atoms with Crippen LogP contribution >= 0.6 is 11.6 Å². The highest BCUT2D eigenvalue weighted by Crippen LogP contribution is 2.48. The van der Waals surface area contributed by atoms with E-state index in [1.807, 2.05) is 36.4 Å². The molecule has 136 valence electrons. The Morgan fingerprint density at radius 3 is 2.77 bits per heavy atom. The zero-order chi connectivity index (χ0) is 18.3. The molecule has 3 aliphatic rings. The summed E-state index contributed by atoms with van der Waals surface area (Å²) in [7, 11) is 0. The first-order valence-electron chi connectivity index (χ1n) is 9.11. The van der Waals surface area contributed by atoms with E-state index in [2.05, 4.69) is 5.32 Å². The molecule has 1 heterocycles. The lowest BCUT2D eigenvalue weighted by Gasteiger charge is -2.51. The topological polar surface area (TPSA) is 69.6 Å². The highest BCUT2D eigenvalue weighted by molar-refractivity contribution is 6.30. The summed E-state index contributed by atoms with van der Waals surface area (Å²) in [5.41, 5.74) is 1.98. The average Bonchev–Trinajstić information content (AvgIpc) is 2.63. The van der Waals surface area contributed by atoms with Gasteiger partial charge in [-0.05, 0) is 48.4 Å². The molecule has 1 spiro atoms. The maximum Gasteiger partial charge on any atom is 0.339 e. The molecule has 0 aromatic heterocycles. The number of allylic oxidation sites excluding steroid dienone is 2. The van der Waals surface area contributed by atoms with Gasteiger partial charge in [-0.25, -0.2) is 4.79 Å². The van der Waals surface area contributed by atoms with Crippen molar-refractivity contribution in [3.8, 4) is 0 Å². The van der Waals surface area contributed by atoms with Gasteiger partial charge in [-0.3, -0.25) is 0 Å². The Labute approximate surface area is 157 Å². The molecule has 3 N–H and O–H groups in total. The Kier molecular flexibility index (Phi) is 4.31. The third-order valence-electron chi connectivity index (χ3n) is 5.93. The summed E-state index contributed by atoms with van der Waals surface area (Å²) < 4.78 is 0. The number of carboxylic acids is 1. The summed E-state index contributed by atoms with van der Waals surface area (Å²) >= 11 is 5.96. The number of carbonyl (C=O) groups is 1. The van der Waals surface area contributed by atoms with Gasteiger partial charge >= 0.3 is 5.97 Å². The summed E-state index contributed by atoms with van der Waals surface area (Å²) in [6.07, 6.45) is 9.53. The van der Waals surface area contributed by atoms with Crippen LogP contribution in [0.5, 0.6) is 0 Å². The summed E-state index contributed by atoms with van der Waals surface area (Å²) in [6.45, 7) is 0. The Bertz CT molecular complexity index is 837. The van der Waals surface area contributed by atoms with E-state index in [-0.39, 0.29) is 16.9 Å². The summed E-state index contributed by atoms with van der Waals surface area (Å²) in [5, 5.41) is 24.8. The fourth-order valence-electron chi connectivity index (χ4n) is 4.71. The van der Waals surface area contributed by atoms with Crippen LogP contribution < -0.4 is 5.32 Å². The highest BCUT2D eigenvalue weighted by atomic mass is 35.5. The van der Waals surface area contributed by atoms with Crippen molar-refractivity contribution in [2.24, 2.45) is 5.92 Å². The molecule has 1 saturated carbocycles. The predicted octanol–water partition coefficient (Wildman–Crippen LogP) is 4.53. The number of carboxylic acid groups (broad SMARTS) is 1. The van der Waals surface area contributed by atoms with Crippen LogP contribution in [0.2, 0.25) is 5.02 Å². The second-order valence-electron chi connectivity index (χ2n) is 7.40. The molecule has 1 aliphatic heterocycles. The van der Waals surface area contributed by atoms with Crippen molar-refractivity contribution in [2.75, 3.05) is 0 Å². The Morgan fingerprint density at radius 1 is 1.27 bits per heavy atom. The summed E-state index contributed by atoms with van der Waals surface area (Å²) in [6, 6.07) is 7.42. The minimum Gasteiger partial charge on any atom is -0.505 e. The van der Waals surface area contributed by atoms with E-state index >= 15 is 0 Å². The number of aliphatic hydroxyl groups is 1. The minimum absolute atomic E-state index is 0.0514. The number of hydrogen-bond acceptors (Lipinski definition) is 3. The number of aliphatic hydroxyl groups excluding tert-OH is 1. The van der Waals surface area contributed by atoms with E-state index in [0.29, 0.717) is 23.1 Å². The molecule has 0 radical (unpaired) electrons. The quantitative estimate of drug-likeness (QED) is 0.730. The van der Waals surface area contributed by atoms with Crippen molar-refractivity contribution in [1.82, 2.24) is 5.32 Å². The monoisotopic (exact) mass is 371 g/mol. The van der Waals surface area contributed by atoms with Gasteiger partial charge in [-0.2, -0.15) is 0 Å². The molecule has 5 heteroatoms. The van der Waals surface area contributed by atoms with Gasteiger partial charge in [0.25, 0.3) is 0 Å². The molecule has 0 saturated heterocycles. The Morgan fingerprint density at radius 2 is 2.04 bits per heavy atom. The molecule has 4 nitrogen and oxygen atoms in total. The fraction of sp³-hybridized carbons (Fsp3) is 0.381. The molecule has 0 bridgehead atoms. The van der Waals surface area contributed by atoms with Gasteiger partial charge < -0.3 is 15.5 Å². The van der Waals surface area contributed by atoms with Crippen LogP contribution in [0.1, 0.15) is 37.7 Å². The van der Waals surface area contributed by atoms with E-state index in [1.54, 1.807) is 0 Å². The lowest BCUT2D eigenvalue weighted by molar-refractivity contribution is -0.132. The Balaban J connectivity index is 1.81. The van der Waals surface area contributed by atoms with Gasteiger partial charge in [0.1, 0.15) is 11.3 Å². The van der Waals surface area contributed by atoms with E-state index in [1.165, 1.54) is 6.42 Å². The van der Waals surface area contributed by atoms with Crippen LogP contribution in [-0.4, -0.2) is 21.7 Å². The highest BCUT2D eigenvalue weighted by Gasteiger charge is 2.49. The van der Waals surface area contributed by atoms with Crippen molar-refractivity contribution in [3.05, 3.63) is 69.6 Å². The van der Waals surface area contributed by atoms with Crippen LogP contribution in [0, 0.1) is 5.92 Å². The number of hydrogen-bond donors (Lipinski definition) is 3. The van der Waals surface area contributed by atoms with Gasteiger partial charge in [-0.1, -0.05) is 48.7 Å². The molecule has 2 atom stereocenters. The first-order valence-corrected chi connectivity index (χ1v) is 9.49. The molecule has 1 fully saturated rings. The second-order valence-corrected chi connectivity index (χ2v) is 7.84. The van der Waals surface area contributed by atoms with Gasteiger partial charge in [0.05, 0.1) is 11.2 Å². The lowest BCUT2D eigenvalue weighted by Crippen LogP contribution is -2.57. The van der Waals surface area contributed by atoms with Crippen molar-refractivity contribution in [3.63, 3.8) is 0 Å². The molecular weight excluding hydrogens is 350 g/mol. The third-order valence-corrected chi connectivity index (χ3v) is 6.18. The lowest BCUT2D eigenvalue weighted by atomic mass is 9.62. The fourth-order valence-corrected chi connectivity index (χ4v) is 4.84. The first kappa shape index (κ1) is 17.2. The van der Waals surface area contributed by atoms with Crippen LogP contribution in [0.15, 0.2) is 59.0 Å². The van der Waals surface area contributed by atoms with Gasteiger partial charge in [0, 0.05) is 11.4 Å². The molecule has 1 aromatic carbocycles. The molecule has 26 heavy (non-hydrogen) atoms. The van der Waals surface area contributed by atoms with Gasteiger partial charge in [0.2, 0.25) is 0 Å². The number of halogens is 1. The molecule has 2 aliphatic carbocycles. The summed E-state index contributed by atoms with van der Waals surface area (Å²) in [5.74, 6) is -0.856. The van der Waals surface area contributed by atoms with E-state index in [9.17, 15) is 15.0 Å². The first-order chi connectivity index (χ1) is 12.5. The molecule has 4 rings (SSSR count). The second kappa shape index (κ2) is 6.51. The van der Waals surface area contributed by atoms with Crippen LogP contribution in [0.4, 0.5) is 0 Å². The van der Waals surface area contributed by atoms with Gasteiger partial charge in [0.15, 0.2) is 0 Å². The number of dihydropyridines is 1.